The standard InChI is InChI=1S/C8H14N2O2S/c1-9-3-8(13)10-4-7(12)2-6(10)5-11/h5-7,9,12H,2-4H2,1H3. The minimum absolute atomic E-state index is 0.240. The molecule has 13 heavy (non-hydrogen) atoms. The Morgan fingerprint density at radius 2 is 2.54 bits per heavy atom. The number of likely N-dealkylation sites (N-methyl/N-ethyl adjacent to an activating group) is 1. The Bertz CT molecular complexity index is 210. The van der Waals surface area contributed by atoms with Gasteiger partial charge in [-0.25, -0.2) is 0 Å². The topological polar surface area (TPSA) is 52.6 Å². The van der Waals surface area contributed by atoms with Gasteiger partial charge in [-0.2, -0.15) is 0 Å². The fourth-order valence-corrected chi connectivity index (χ4v) is 1.87. The highest BCUT2D eigenvalue weighted by Gasteiger charge is 2.31. The highest BCUT2D eigenvalue weighted by molar-refractivity contribution is 7.80. The molecule has 1 saturated heterocycles. The summed E-state index contributed by atoms with van der Waals surface area (Å²) in [6.07, 6.45) is 0.913. The minimum atomic E-state index is -0.426. The van der Waals surface area contributed by atoms with Crippen molar-refractivity contribution in [3.05, 3.63) is 0 Å². The van der Waals surface area contributed by atoms with Gasteiger partial charge in [-0.15, -0.1) is 0 Å². The lowest BCUT2D eigenvalue weighted by Gasteiger charge is -2.22. The lowest BCUT2D eigenvalue weighted by atomic mass is 10.2. The zero-order valence-electron chi connectivity index (χ0n) is 7.56. The van der Waals surface area contributed by atoms with E-state index in [4.69, 9.17) is 12.2 Å². The Morgan fingerprint density at radius 3 is 3.08 bits per heavy atom. The minimum Gasteiger partial charge on any atom is -0.391 e. The Hall–Kier alpha value is -0.520. The van der Waals surface area contributed by atoms with Gasteiger partial charge in [0.2, 0.25) is 0 Å². The molecular weight excluding hydrogens is 188 g/mol. The number of β-amino-alcohol motifs (C(OH)–C–C–N with tert-alkyl or cyclic N) is 1. The number of rotatable bonds is 3. The second kappa shape index (κ2) is 4.64. The van der Waals surface area contributed by atoms with Crippen LogP contribution in [0.1, 0.15) is 6.42 Å². The number of aliphatic hydroxyl groups excluding tert-OH is 1. The van der Waals surface area contributed by atoms with Crippen LogP contribution in [-0.4, -0.2) is 53.6 Å². The second-order valence-corrected chi connectivity index (χ2v) is 3.64. The Morgan fingerprint density at radius 1 is 1.85 bits per heavy atom. The molecule has 0 aliphatic carbocycles. The average molecular weight is 202 g/mol. The van der Waals surface area contributed by atoms with E-state index in [-0.39, 0.29) is 6.04 Å². The molecule has 0 spiro atoms. The van der Waals surface area contributed by atoms with E-state index in [0.717, 1.165) is 6.29 Å². The molecule has 0 aromatic carbocycles. The molecule has 1 heterocycles. The normalized spacial score (nSPS) is 27.7. The number of hydrogen-bond donors (Lipinski definition) is 2. The van der Waals surface area contributed by atoms with Gasteiger partial charge in [0.15, 0.2) is 0 Å². The molecule has 0 aromatic rings. The molecule has 1 aliphatic heterocycles. The maximum absolute atomic E-state index is 10.6. The van der Waals surface area contributed by atoms with Crippen LogP contribution in [0.4, 0.5) is 0 Å². The molecule has 5 heteroatoms. The molecule has 0 amide bonds. The van der Waals surface area contributed by atoms with Gasteiger partial charge in [0, 0.05) is 19.5 Å². The van der Waals surface area contributed by atoms with Crippen LogP contribution >= 0.6 is 12.2 Å². The lowest BCUT2D eigenvalue weighted by molar-refractivity contribution is -0.110. The third-order valence-electron chi connectivity index (χ3n) is 2.13. The van der Waals surface area contributed by atoms with Crippen molar-refractivity contribution in [1.82, 2.24) is 10.2 Å². The summed E-state index contributed by atoms with van der Waals surface area (Å²) in [5.74, 6) is 0. The molecule has 0 aromatic heterocycles. The lowest BCUT2D eigenvalue weighted by Crippen LogP contribution is -2.40. The van der Waals surface area contributed by atoms with Gasteiger partial charge in [-0.1, -0.05) is 12.2 Å². The highest BCUT2D eigenvalue weighted by Crippen LogP contribution is 2.16. The van der Waals surface area contributed by atoms with E-state index in [1.807, 2.05) is 0 Å². The first kappa shape index (κ1) is 10.6. The number of likely N-dealkylation sites (tertiary alicyclic amines) is 1. The van der Waals surface area contributed by atoms with Crippen molar-refractivity contribution < 1.29 is 9.90 Å². The van der Waals surface area contributed by atoms with Crippen LogP contribution in [0.2, 0.25) is 0 Å². The molecule has 74 valence electrons. The maximum atomic E-state index is 10.6. The molecule has 0 radical (unpaired) electrons. The molecule has 1 aliphatic rings. The van der Waals surface area contributed by atoms with Crippen molar-refractivity contribution in [1.29, 1.82) is 0 Å². The van der Waals surface area contributed by atoms with Crippen LogP contribution in [-0.2, 0) is 4.79 Å². The number of nitrogens with one attached hydrogen (secondary N) is 1. The molecular formula is C8H14N2O2S. The smallest absolute Gasteiger partial charge is 0.142 e. The average Bonchev–Trinajstić information content (AvgIpc) is 2.47. The van der Waals surface area contributed by atoms with Crippen LogP contribution in [0.5, 0.6) is 0 Å². The Kier molecular flexibility index (Phi) is 3.77. The summed E-state index contributed by atoms with van der Waals surface area (Å²) < 4.78 is 0. The van der Waals surface area contributed by atoms with E-state index in [1.54, 1.807) is 11.9 Å². The molecule has 2 N–H and O–H groups in total. The predicted molar refractivity (Wildman–Crippen MR) is 53.7 cm³/mol. The highest BCUT2D eigenvalue weighted by atomic mass is 32.1. The van der Waals surface area contributed by atoms with E-state index in [0.29, 0.717) is 24.5 Å². The fourth-order valence-electron chi connectivity index (χ4n) is 1.51. The zero-order chi connectivity index (χ0) is 9.84. The molecule has 4 nitrogen and oxygen atoms in total. The van der Waals surface area contributed by atoms with E-state index in [2.05, 4.69) is 5.32 Å². The van der Waals surface area contributed by atoms with Crippen molar-refractivity contribution in [3.63, 3.8) is 0 Å². The van der Waals surface area contributed by atoms with Crippen LogP contribution in [0, 0.1) is 0 Å². The quantitative estimate of drug-likeness (QED) is 0.462. The molecule has 0 bridgehead atoms. The summed E-state index contributed by atoms with van der Waals surface area (Å²) in [7, 11) is 1.80. The molecule has 2 atom stereocenters. The third-order valence-corrected chi connectivity index (χ3v) is 2.51. The number of thiocarbonyl (C=S) groups is 1. The number of carbonyl (C=O) groups excluding carboxylic acids is 1. The van der Waals surface area contributed by atoms with Gasteiger partial charge in [0.1, 0.15) is 6.29 Å². The number of aldehydes is 1. The van der Waals surface area contributed by atoms with Crippen molar-refractivity contribution in [2.45, 2.75) is 18.6 Å². The first-order valence-electron chi connectivity index (χ1n) is 4.26. The molecule has 1 fully saturated rings. The summed E-state index contributed by atoms with van der Waals surface area (Å²) in [4.78, 5) is 13.1. The van der Waals surface area contributed by atoms with E-state index in [9.17, 15) is 9.90 Å². The zero-order valence-corrected chi connectivity index (χ0v) is 8.38. The molecule has 1 rings (SSSR count). The van der Waals surface area contributed by atoms with Gasteiger partial charge < -0.3 is 20.1 Å². The van der Waals surface area contributed by atoms with Gasteiger partial charge in [-0.05, 0) is 7.05 Å². The summed E-state index contributed by atoms with van der Waals surface area (Å²) in [6, 6.07) is -0.240. The number of aliphatic hydroxyl groups is 1. The largest absolute Gasteiger partial charge is 0.391 e. The third kappa shape index (κ3) is 2.46. The monoisotopic (exact) mass is 202 g/mol. The number of hydrogen-bond acceptors (Lipinski definition) is 4. The van der Waals surface area contributed by atoms with Gasteiger partial charge >= 0.3 is 0 Å². The van der Waals surface area contributed by atoms with Gasteiger partial charge in [0.25, 0.3) is 0 Å². The second-order valence-electron chi connectivity index (χ2n) is 3.17. The fraction of sp³-hybridized carbons (Fsp3) is 0.750. The summed E-state index contributed by atoms with van der Waals surface area (Å²) in [5.41, 5.74) is 0. The predicted octanol–water partition coefficient (Wildman–Crippen LogP) is -0.833. The number of nitrogens with zero attached hydrogens (tertiary/aromatic N) is 1. The van der Waals surface area contributed by atoms with Crippen molar-refractivity contribution in [3.8, 4) is 0 Å². The molecule has 2 unspecified atom stereocenters. The Labute approximate surface area is 82.9 Å². The van der Waals surface area contributed by atoms with E-state index < -0.39 is 6.10 Å². The molecule has 0 saturated carbocycles. The first-order valence-corrected chi connectivity index (χ1v) is 4.67. The SMILES string of the molecule is CNCC(=S)N1CC(O)CC1C=O. The Balaban J connectivity index is 2.57. The van der Waals surface area contributed by atoms with Crippen LogP contribution in [0.3, 0.4) is 0 Å². The van der Waals surface area contributed by atoms with Gasteiger partial charge in [0.05, 0.1) is 17.1 Å². The van der Waals surface area contributed by atoms with E-state index in [1.165, 1.54) is 0 Å². The van der Waals surface area contributed by atoms with Crippen molar-refractivity contribution in [2.75, 3.05) is 20.1 Å². The summed E-state index contributed by atoms with van der Waals surface area (Å²) >= 11 is 5.10. The van der Waals surface area contributed by atoms with Crippen LogP contribution in [0.15, 0.2) is 0 Å². The van der Waals surface area contributed by atoms with E-state index >= 15 is 0 Å². The van der Waals surface area contributed by atoms with Gasteiger partial charge in [-0.3, -0.25) is 0 Å². The van der Waals surface area contributed by atoms with Crippen LogP contribution in [0.25, 0.3) is 0 Å². The maximum Gasteiger partial charge on any atom is 0.142 e. The van der Waals surface area contributed by atoms with Crippen molar-refractivity contribution >= 4 is 23.5 Å². The first-order chi connectivity index (χ1) is 6.19. The van der Waals surface area contributed by atoms with Crippen LogP contribution < -0.4 is 5.32 Å². The summed E-state index contributed by atoms with van der Waals surface area (Å²) in [6.45, 7) is 1.05. The van der Waals surface area contributed by atoms with Crippen molar-refractivity contribution in [2.24, 2.45) is 0 Å². The number of carbonyl (C=O) groups is 1. The summed E-state index contributed by atoms with van der Waals surface area (Å²) in [5, 5.41) is 12.3.